The highest BCUT2D eigenvalue weighted by Crippen LogP contribution is 2.26. The van der Waals surface area contributed by atoms with Crippen molar-refractivity contribution in [3.8, 4) is 5.75 Å². The second-order valence-corrected chi connectivity index (χ2v) is 5.34. The van der Waals surface area contributed by atoms with E-state index in [1.807, 2.05) is 18.2 Å². The Kier molecular flexibility index (Phi) is 5.26. The highest BCUT2D eigenvalue weighted by molar-refractivity contribution is 5.86. The van der Waals surface area contributed by atoms with Crippen molar-refractivity contribution in [2.75, 3.05) is 13.7 Å². The van der Waals surface area contributed by atoms with E-state index in [-0.39, 0.29) is 5.91 Å². The molecule has 0 spiro atoms. The molecule has 1 amide bonds. The molecule has 1 aromatic carbocycles. The number of amides is 1. The smallest absolute Gasteiger partial charge is 0.220 e. The Morgan fingerprint density at radius 3 is 2.90 bits per heavy atom. The molecule has 0 fully saturated rings. The summed E-state index contributed by atoms with van der Waals surface area (Å²) in [4.78, 5) is 15.0. The summed E-state index contributed by atoms with van der Waals surface area (Å²) in [6.07, 6.45) is 3.46. The number of carbonyl (C=O) groups excluding carboxylic acids is 1. The van der Waals surface area contributed by atoms with Gasteiger partial charge in [0.05, 0.1) is 7.11 Å². The lowest BCUT2D eigenvalue weighted by Crippen LogP contribution is -2.25. The lowest BCUT2D eigenvalue weighted by molar-refractivity contribution is -0.121. The monoisotopic (exact) mass is 288 g/mol. The predicted molar refractivity (Wildman–Crippen MR) is 85.8 cm³/mol. The second kappa shape index (κ2) is 7.16. The van der Waals surface area contributed by atoms with Gasteiger partial charge in [-0.15, -0.1) is 0 Å². The number of hydrogen-bond acceptors (Lipinski definition) is 2. The highest BCUT2D eigenvalue weighted by Gasteiger charge is 2.10. The molecule has 4 heteroatoms. The third kappa shape index (κ3) is 3.78. The Morgan fingerprint density at radius 1 is 1.38 bits per heavy atom. The standard InChI is InChI=1S/C17H24N2O2/c1-4-5-6-17(20)18-10-9-14-12(2)19-16-8-7-13(21-3)11-15(14)16/h7-8,11,19H,4-6,9-10H2,1-3H3,(H,18,20). The van der Waals surface area contributed by atoms with Crippen LogP contribution in [0.4, 0.5) is 0 Å². The van der Waals surface area contributed by atoms with Crippen molar-refractivity contribution in [3.05, 3.63) is 29.5 Å². The van der Waals surface area contributed by atoms with Gasteiger partial charge < -0.3 is 15.0 Å². The van der Waals surface area contributed by atoms with Crippen molar-refractivity contribution in [2.45, 2.75) is 39.5 Å². The Labute approximate surface area is 125 Å². The molecule has 0 aliphatic heterocycles. The summed E-state index contributed by atoms with van der Waals surface area (Å²) in [6, 6.07) is 6.03. The molecule has 0 atom stereocenters. The van der Waals surface area contributed by atoms with Crippen LogP contribution in [-0.4, -0.2) is 24.5 Å². The van der Waals surface area contributed by atoms with Crippen molar-refractivity contribution in [1.29, 1.82) is 0 Å². The van der Waals surface area contributed by atoms with E-state index in [9.17, 15) is 4.79 Å². The maximum absolute atomic E-state index is 11.6. The fourth-order valence-corrected chi connectivity index (χ4v) is 2.56. The van der Waals surface area contributed by atoms with Gasteiger partial charge >= 0.3 is 0 Å². The number of aryl methyl sites for hydroxylation is 1. The fraction of sp³-hybridized carbons (Fsp3) is 0.471. The van der Waals surface area contributed by atoms with Crippen LogP contribution in [-0.2, 0) is 11.2 Å². The fourth-order valence-electron chi connectivity index (χ4n) is 2.56. The first-order valence-electron chi connectivity index (χ1n) is 7.57. The van der Waals surface area contributed by atoms with Gasteiger partial charge in [-0.05, 0) is 43.5 Å². The van der Waals surface area contributed by atoms with Crippen molar-refractivity contribution in [2.24, 2.45) is 0 Å². The molecule has 0 saturated carbocycles. The zero-order valence-electron chi connectivity index (χ0n) is 13.1. The van der Waals surface area contributed by atoms with Crippen molar-refractivity contribution in [1.82, 2.24) is 10.3 Å². The summed E-state index contributed by atoms with van der Waals surface area (Å²) in [5.41, 5.74) is 3.52. The molecule has 0 aliphatic rings. The summed E-state index contributed by atoms with van der Waals surface area (Å²) < 4.78 is 5.29. The van der Waals surface area contributed by atoms with Crippen LogP contribution in [0.15, 0.2) is 18.2 Å². The second-order valence-electron chi connectivity index (χ2n) is 5.34. The number of fused-ring (bicyclic) bond motifs is 1. The van der Waals surface area contributed by atoms with Gasteiger partial charge in [-0.3, -0.25) is 4.79 Å². The van der Waals surface area contributed by atoms with Gasteiger partial charge in [0, 0.05) is 29.6 Å². The predicted octanol–water partition coefficient (Wildman–Crippen LogP) is 3.33. The number of H-pyrrole nitrogens is 1. The first-order valence-corrected chi connectivity index (χ1v) is 7.57. The van der Waals surface area contributed by atoms with Gasteiger partial charge in [0.1, 0.15) is 5.75 Å². The van der Waals surface area contributed by atoms with E-state index in [4.69, 9.17) is 4.74 Å². The lowest BCUT2D eigenvalue weighted by Gasteiger charge is -2.06. The summed E-state index contributed by atoms with van der Waals surface area (Å²) >= 11 is 0. The molecule has 21 heavy (non-hydrogen) atoms. The summed E-state index contributed by atoms with van der Waals surface area (Å²) in [5, 5.41) is 4.17. The molecule has 0 unspecified atom stereocenters. The number of carbonyl (C=O) groups is 1. The van der Waals surface area contributed by atoms with Gasteiger partial charge in [0.2, 0.25) is 5.91 Å². The third-order valence-electron chi connectivity index (χ3n) is 3.78. The Morgan fingerprint density at radius 2 is 2.19 bits per heavy atom. The van der Waals surface area contributed by atoms with Crippen LogP contribution < -0.4 is 10.1 Å². The molecule has 4 nitrogen and oxygen atoms in total. The van der Waals surface area contributed by atoms with Crippen LogP contribution in [0, 0.1) is 6.92 Å². The van der Waals surface area contributed by atoms with E-state index in [2.05, 4.69) is 24.1 Å². The topological polar surface area (TPSA) is 54.1 Å². The molecule has 1 aromatic heterocycles. The molecule has 1 heterocycles. The maximum atomic E-state index is 11.6. The number of unbranched alkanes of at least 4 members (excludes halogenated alkanes) is 1. The number of ether oxygens (including phenoxy) is 1. The number of hydrogen-bond donors (Lipinski definition) is 2. The van der Waals surface area contributed by atoms with Crippen LogP contribution in [0.2, 0.25) is 0 Å². The average Bonchev–Trinajstić information content (AvgIpc) is 2.80. The molecule has 114 valence electrons. The molecule has 0 aliphatic carbocycles. The van der Waals surface area contributed by atoms with E-state index >= 15 is 0 Å². The first-order chi connectivity index (χ1) is 10.2. The Balaban J connectivity index is 2.04. The molecular weight excluding hydrogens is 264 g/mol. The molecule has 2 N–H and O–H groups in total. The van der Waals surface area contributed by atoms with E-state index in [1.54, 1.807) is 7.11 Å². The van der Waals surface area contributed by atoms with Crippen LogP contribution in [0.1, 0.15) is 37.4 Å². The molecule has 2 rings (SSSR count). The minimum Gasteiger partial charge on any atom is -0.497 e. The quantitative estimate of drug-likeness (QED) is 0.821. The van der Waals surface area contributed by atoms with Crippen LogP contribution >= 0.6 is 0 Å². The summed E-state index contributed by atoms with van der Waals surface area (Å²) in [5.74, 6) is 1.00. The Hall–Kier alpha value is -1.97. The normalized spacial score (nSPS) is 10.8. The Bertz CT molecular complexity index is 617. The van der Waals surface area contributed by atoms with Gasteiger partial charge in [-0.1, -0.05) is 13.3 Å². The molecule has 2 aromatic rings. The van der Waals surface area contributed by atoms with E-state index in [0.717, 1.165) is 36.2 Å². The number of methoxy groups -OCH3 is 1. The minimum absolute atomic E-state index is 0.145. The molecule has 0 bridgehead atoms. The molecule has 0 saturated heterocycles. The minimum atomic E-state index is 0.145. The van der Waals surface area contributed by atoms with Crippen LogP contribution in [0.25, 0.3) is 10.9 Å². The molecule has 0 radical (unpaired) electrons. The zero-order chi connectivity index (χ0) is 15.2. The van der Waals surface area contributed by atoms with E-state index in [1.165, 1.54) is 10.9 Å². The average molecular weight is 288 g/mol. The van der Waals surface area contributed by atoms with Gasteiger partial charge in [-0.25, -0.2) is 0 Å². The third-order valence-corrected chi connectivity index (χ3v) is 3.78. The number of aromatic amines is 1. The highest BCUT2D eigenvalue weighted by atomic mass is 16.5. The van der Waals surface area contributed by atoms with Crippen LogP contribution in [0.3, 0.4) is 0 Å². The number of rotatable bonds is 7. The molecular formula is C17H24N2O2. The van der Waals surface area contributed by atoms with Gasteiger partial charge in [0.25, 0.3) is 0 Å². The lowest BCUT2D eigenvalue weighted by atomic mass is 10.1. The van der Waals surface area contributed by atoms with Crippen LogP contribution in [0.5, 0.6) is 5.75 Å². The van der Waals surface area contributed by atoms with Crippen molar-refractivity contribution >= 4 is 16.8 Å². The SMILES string of the molecule is CCCCC(=O)NCCc1c(C)[nH]c2ccc(OC)cc12. The number of nitrogens with one attached hydrogen (secondary N) is 2. The van der Waals surface area contributed by atoms with Gasteiger partial charge in [0.15, 0.2) is 0 Å². The van der Waals surface area contributed by atoms with Crippen molar-refractivity contribution in [3.63, 3.8) is 0 Å². The van der Waals surface area contributed by atoms with Crippen molar-refractivity contribution < 1.29 is 9.53 Å². The largest absolute Gasteiger partial charge is 0.497 e. The van der Waals surface area contributed by atoms with E-state index in [0.29, 0.717) is 13.0 Å². The zero-order valence-corrected chi connectivity index (χ0v) is 13.1. The number of aromatic nitrogens is 1. The number of benzene rings is 1. The summed E-state index contributed by atoms with van der Waals surface area (Å²) in [6.45, 7) is 4.84. The van der Waals surface area contributed by atoms with E-state index < -0.39 is 0 Å². The summed E-state index contributed by atoms with van der Waals surface area (Å²) in [7, 11) is 1.67. The maximum Gasteiger partial charge on any atom is 0.220 e. The first kappa shape index (κ1) is 15.4. The van der Waals surface area contributed by atoms with Gasteiger partial charge in [-0.2, -0.15) is 0 Å².